The molecule has 0 aliphatic carbocycles. The number of anilines is 1. The predicted molar refractivity (Wildman–Crippen MR) is 65.7 cm³/mol. The zero-order chi connectivity index (χ0) is 13.1. The molecule has 1 aliphatic heterocycles. The van der Waals surface area contributed by atoms with Gasteiger partial charge in [-0.25, -0.2) is 0 Å². The first-order chi connectivity index (χ1) is 8.58. The van der Waals surface area contributed by atoms with Gasteiger partial charge in [-0.2, -0.15) is 0 Å². The van der Waals surface area contributed by atoms with Gasteiger partial charge in [-0.1, -0.05) is 0 Å². The van der Waals surface area contributed by atoms with Crippen LogP contribution in [-0.2, 0) is 4.79 Å². The SMILES string of the molecule is O=C(O)CC1CCCN1c1ccc([N+](=O)[O-])cc1. The third-order valence-corrected chi connectivity index (χ3v) is 3.18. The Morgan fingerprint density at radius 2 is 2.11 bits per heavy atom. The summed E-state index contributed by atoms with van der Waals surface area (Å²) in [6.07, 6.45) is 1.91. The van der Waals surface area contributed by atoms with Crippen molar-refractivity contribution in [2.24, 2.45) is 0 Å². The number of carboxylic acid groups (broad SMARTS) is 1. The van der Waals surface area contributed by atoms with Gasteiger partial charge in [0.1, 0.15) is 0 Å². The van der Waals surface area contributed by atoms with E-state index in [4.69, 9.17) is 5.11 Å². The van der Waals surface area contributed by atoms with Crippen molar-refractivity contribution in [1.82, 2.24) is 0 Å². The van der Waals surface area contributed by atoms with Crippen LogP contribution in [0.5, 0.6) is 0 Å². The first-order valence-corrected chi connectivity index (χ1v) is 5.81. The Hall–Kier alpha value is -2.11. The molecule has 96 valence electrons. The Morgan fingerprint density at radius 3 is 2.67 bits per heavy atom. The van der Waals surface area contributed by atoms with E-state index in [-0.39, 0.29) is 18.2 Å². The molecule has 6 heteroatoms. The van der Waals surface area contributed by atoms with Gasteiger partial charge in [0.25, 0.3) is 5.69 Å². The molecule has 0 spiro atoms. The minimum absolute atomic E-state index is 0.0102. The molecule has 1 aromatic rings. The van der Waals surface area contributed by atoms with Crippen LogP contribution in [0.15, 0.2) is 24.3 Å². The Morgan fingerprint density at radius 1 is 1.44 bits per heavy atom. The van der Waals surface area contributed by atoms with Crippen molar-refractivity contribution in [2.45, 2.75) is 25.3 Å². The van der Waals surface area contributed by atoms with Crippen molar-refractivity contribution in [3.05, 3.63) is 34.4 Å². The molecule has 1 aromatic carbocycles. The van der Waals surface area contributed by atoms with Crippen molar-refractivity contribution in [3.8, 4) is 0 Å². The molecule has 0 amide bonds. The summed E-state index contributed by atoms with van der Waals surface area (Å²) in [6, 6.07) is 6.25. The molecule has 18 heavy (non-hydrogen) atoms. The highest BCUT2D eigenvalue weighted by Gasteiger charge is 2.26. The summed E-state index contributed by atoms with van der Waals surface area (Å²) in [6.45, 7) is 0.801. The van der Waals surface area contributed by atoms with Crippen LogP contribution in [0, 0.1) is 10.1 Å². The van der Waals surface area contributed by atoms with E-state index in [0.29, 0.717) is 0 Å². The molecular weight excluding hydrogens is 236 g/mol. The van der Waals surface area contributed by atoms with Gasteiger partial charge in [-0.05, 0) is 25.0 Å². The van der Waals surface area contributed by atoms with Crippen molar-refractivity contribution >= 4 is 17.3 Å². The van der Waals surface area contributed by atoms with Gasteiger partial charge in [-0.3, -0.25) is 14.9 Å². The summed E-state index contributed by atoms with van der Waals surface area (Å²) >= 11 is 0. The number of nitro groups is 1. The Bertz CT molecular complexity index is 458. The normalized spacial score (nSPS) is 18.9. The van der Waals surface area contributed by atoms with Gasteiger partial charge in [-0.15, -0.1) is 0 Å². The number of rotatable bonds is 4. The zero-order valence-electron chi connectivity index (χ0n) is 9.78. The third-order valence-electron chi connectivity index (χ3n) is 3.18. The topological polar surface area (TPSA) is 83.7 Å². The maximum atomic E-state index is 10.8. The summed E-state index contributed by atoms with van der Waals surface area (Å²) in [5.41, 5.74) is 0.900. The summed E-state index contributed by atoms with van der Waals surface area (Å²) in [5, 5.41) is 19.4. The zero-order valence-corrected chi connectivity index (χ0v) is 9.78. The lowest BCUT2D eigenvalue weighted by Crippen LogP contribution is -2.31. The fraction of sp³-hybridized carbons (Fsp3) is 0.417. The van der Waals surface area contributed by atoms with Gasteiger partial charge in [0.05, 0.1) is 11.3 Å². The summed E-state index contributed by atoms with van der Waals surface area (Å²) < 4.78 is 0. The first kappa shape index (κ1) is 12.3. The van der Waals surface area contributed by atoms with Crippen LogP contribution in [-0.4, -0.2) is 28.6 Å². The third kappa shape index (κ3) is 2.58. The van der Waals surface area contributed by atoms with Crippen LogP contribution in [0.2, 0.25) is 0 Å². The number of benzene rings is 1. The smallest absolute Gasteiger partial charge is 0.305 e. The lowest BCUT2D eigenvalue weighted by Gasteiger charge is -2.25. The number of aliphatic carboxylic acids is 1. The van der Waals surface area contributed by atoms with Gasteiger partial charge in [0, 0.05) is 30.4 Å². The molecular formula is C12H14N2O4. The first-order valence-electron chi connectivity index (χ1n) is 5.81. The molecule has 1 heterocycles. The average Bonchev–Trinajstić information content (AvgIpc) is 2.76. The van der Waals surface area contributed by atoms with Crippen LogP contribution in [0.1, 0.15) is 19.3 Å². The van der Waals surface area contributed by atoms with Gasteiger partial charge in [0.15, 0.2) is 0 Å². The maximum absolute atomic E-state index is 10.8. The maximum Gasteiger partial charge on any atom is 0.305 e. The van der Waals surface area contributed by atoms with E-state index >= 15 is 0 Å². The Balaban J connectivity index is 2.14. The molecule has 0 aromatic heterocycles. The van der Waals surface area contributed by atoms with E-state index in [0.717, 1.165) is 25.1 Å². The van der Waals surface area contributed by atoms with Crippen LogP contribution < -0.4 is 4.90 Å². The number of carboxylic acids is 1. The monoisotopic (exact) mass is 250 g/mol. The number of hydrogen-bond donors (Lipinski definition) is 1. The second-order valence-electron chi connectivity index (χ2n) is 4.36. The highest BCUT2D eigenvalue weighted by atomic mass is 16.6. The number of nitrogens with zero attached hydrogens (tertiary/aromatic N) is 2. The van der Waals surface area contributed by atoms with Gasteiger partial charge >= 0.3 is 5.97 Å². The fourth-order valence-electron chi connectivity index (χ4n) is 2.36. The molecule has 0 saturated carbocycles. The minimum Gasteiger partial charge on any atom is -0.481 e. The lowest BCUT2D eigenvalue weighted by atomic mass is 10.1. The second kappa shape index (κ2) is 5.03. The second-order valence-corrected chi connectivity index (χ2v) is 4.36. The molecule has 1 unspecified atom stereocenters. The largest absolute Gasteiger partial charge is 0.481 e. The van der Waals surface area contributed by atoms with Crippen molar-refractivity contribution in [1.29, 1.82) is 0 Å². The molecule has 1 atom stereocenters. The standard InChI is InChI=1S/C12H14N2O4/c15-12(16)8-11-2-1-7-13(11)9-3-5-10(6-4-9)14(17)18/h3-6,11H,1-2,7-8H2,(H,15,16). The number of nitro benzene ring substituents is 1. The summed E-state index contributed by atoms with van der Waals surface area (Å²) in [5.74, 6) is -0.811. The number of non-ortho nitro benzene ring substituents is 1. The fourth-order valence-corrected chi connectivity index (χ4v) is 2.36. The Kier molecular flexibility index (Phi) is 3.45. The molecule has 1 fully saturated rings. The van der Waals surface area contributed by atoms with Gasteiger partial charge < -0.3 is 10.0 Å². The summed E-state index contributed by atoms with van der Waals surface area (Å²) in [4.78, 5) is 22.9. The number of carbonyl (C=O) groups is 1. The number of hydrogen-bond acceptors (Lipinski definition) is 4. The molecule has 0 radical (unpaired) electrons. The van der Waals surface area contributed by atoms with Crippen LogP contribution in [0.4, 0.5) is 11.4 Å². The van der Waals surface area contributed by atoms with Crippen LogP contribution in [0.3, 0.4) is 0 Å². The van der Waals surface area contributed by atoms with E-state index in [1.165, 1.54) is 12.1 Å². The summed E-state index contributed by atoms with van der Waals surface area (Å²) in [7, 11) is 0. The molecule has 6 nitrogen and oxygen atoms in total. The van der Waals surface area contributed by atoms with E-state index in [2.05, 4.69) is 0 Å². The van der Waals surface area contributed by atoms with E-state index in [1.807, 2.05) is 4.90 Å². The van der Waals surface area contributed by atoms with Crippen LogP contribution >= 0.6 is 0 Å². The minimum atomic E-state index is -0.811. The quantitative estimate of drug-likeness (QED) is 0.653. The van der Waals surface area contributed by atoms with E-state index < -0.39 is 10.9 Å². The molecule has 1 N–H and O–H groups in total. The predicted octanol–water partition coefficient (Wildman–Crippen LogP) is 2.04. The highest BCUT2D eigenvalue weighted by Crippen LogP contribution is 2.28. The molecule has 1 saturated heterocycles. The van der Waals surface area contributed by atoms with Crippen molar-refractivity contribution < 1.29 is 14.8 Å². The lowest BCUT2D eigenvalue weighted by molar-refractivity contribution is -0.384. The molecule has 1 aliphatic rings. The van der Waals surface area contributed by atoms with Crippen molar-refractivity contribution in [2.75, 3.05) is 11.4 Å². The molecule has 0 bridgehead atoms. The van der Waals surface area contributed by atoms with Crippen LogP contribution in [0.25, 0.3) is 0 Å². The van der Waals surface area contributed by atoms with Crippen molar-refractivity contribution in [3.63, 3.8) is 0 Å². The molecule has 2 rings (SSSR count). The highest BCUT2D eigenvalue weighted by molar-refractivity contribution is 5.69. The van der Waals surface area contributed by atoms with Gasteiger partial charge in [0.2, 0.25) is 0 Å². The van der Waals surface area contributed by atoms with E-state index in [1.54, 1.807) is 12.1 Å². The average molecular weight is 250 g/mol. The van der Waals surface area contributed by atoms with E-state index in [9.17, 15) is 14.9 Å². The Labute approximate surface area is 104 Å².